The third-order valence-corrected chi connectivity index (χ3v) is 1.91. The number of rotatable bonds is 4. The van der Waals surface area contributed by atoms with Gasteiger partial charge in [-0.2, -0.15) is 0 Å². The van der Waals surface area contributed by atoms with Crippen molar-refractivity contribution in [3.05, 3.63) is 18.2 Å². The molecule has 0 bridgehead atoms. The standard InChI is InChI=1S/C10H16N2O/c1-8(2)6-9(13)7-10-11-4-5-12(10)3/h4-5,8H,6-7H2,1-3H3. The highest BCUT2D eigenvalue weighted by molar-refractivity contribution is 5.80. The highest BCUT2D eigenvalue weighted by Gasteiger charge is 2.08. The molecule has 0 N–H and O–H groups in total. The van der Waals surface area contributed by atoms with Crippen LogP contribution in [-0.4, -0.2) is 15.3 Å². The minimum absolute atomic E-state index is 0.268. The molecule has 0 fully saturated rings. The summed E-state index contributed by atoms with van der Waals surface area (Å²) in [6.45, 7) is 4.10. The Balaban J connectivity index is 2.50. The van der Waals surface area contributed by atoms with Gasteiger partial charge in [0.05, 0.1) is 6.42 Å². The maximum Gasteiger partial charge on any atom is 0.140 e. The molecule has 13 heavy (non-hydrogen) atoms. The summed E-state index contributed by atoms with van der Waals surface area (Å²) in [6, 6.07) is 0. The topological polar surface area (TPSA) is 34.9 Å². The predicted octanol–water partition coefficient (Wildman–Crippen LogP) is 1.58. The maximum atomic E-state index is 11.4. The van der Waals surface area contributed by atoms with Gasteiger partial charge in [0.2, 0.25) is 0 Å². The molecule has 0 spiro atoms. The van der Waals surface area contributed by atoms with Crippen molar-refractivity contribution in [2.24, 2.45) is 13.0 Å². The normalized spacial score (nSPS) is 10.8. The van der Waals surface area contributed by atoms with Gasteiger partial charge < -0.3 is 4.57 Å². The lowest BCUT2D eigenvalue weighted by molar-refractivity contribution is -0.119. The molecule has 0 unspecified atom stereocenters. The average molecular weight is 180 g/mol. The minimum Gasteiger partial charge on any atom is -0.338 e. The van der Waals surface area contributed by atoms with E-state index in [0.29, 0.717) is 18.8 Å². The number of ketones is 1. The van der Waals surface area contributed by atoms with Gasteiger partial charge in [-0.3, -0.25) is 4.79 Å². The fourth-order valence-electron chi connectivity index (χ4n) is 1.27. The summed E-state index contributed by atoms with van der Waals surface area (Å²) in [6.07, 6.45) is 4.69. The van der Waals surface area contributed by atoms with Crippen molar-refractivity contribution >= 4 is 5.78 Å². The van der Waals surface area contributed by atoms with Gasteiger partial charge in [-0.25, -0.2) is 4.98 Å². The van der Waals surface area contributed by atoms with Crippen molar-refractivity contribution < 1.29 is 4.79 Å². The quantitative estimate of drug-likeness (QED) is 0.705. The van der Waals surface area contributed by atoms with Crippen molar-refractivity contribution in [1.82, 2.24) is 9.55 Å². The number of hydrogen-bond acceptors (Lipinski definition) is 2. The number of nitrogens with zero attached hydrogens (tertiary/aromatic N) is 2. The number of carbonyl (C=O) groups is 1. The van der Waals surface area contributed by atoms with Crippen molar-refractivity contribution in [1.29, 1.82) is 0 Å². The lowest BCUT2D eigenvalue weighted by atomic mass is 10.1. The summed E-state index contributed by atoms with van der Waals surface area (Å²) in [4.78, 5) is 15.5. The first-order chi connectivity index (χ1) is 6.09. The van der Waals surface area contributed by atoms with Crippen LogP contribution in [0.4, 0.5) is 0 Å². The Morgan fingerprint density at radius 2 is 2.31 bits per heavy atom. The smallest absolute Gasteiger partial charge is 0.140 e. The molecule has 1 rings (SSSR count). The van der Waals surface area contributed by atoms with E-state index in [1.165, 1.54) is 0 Å². The van der Waals surface area contributed by atoms with Crippen LogP contribution < -0.4 is 0 Å². The van der Waals surface area contributed by atoms with Crippen LogP contribution in [0.15, 0.2) is 12.4 Å². The van der Waals surface area contributed by atoms with E-state index in [1.807, 2.05) is 17.8 Å². The molecule has 1 aromatic rings. The zero-order chi connectivity index (χ0) is 9.84. The molecule has 3 heteroatoms. The molecule has 0 saturated carbocycles. The number of aromatic nitrogens is 2. The van der Waals surface area contributed by atoms with E-state index in [4.69, 9.17) is 0 Å². The number of Topliss-reactive ketones (excluding diaryl/α,β-unsaturated/α-hetero) is 1. The molecule has 1 heterocycles. The van der Waals surface area contributed by atoms with E-state index < -0.39 is 0 Å². The van der Waals surface area contributed by atoms with Gasteiger partial charge in [0.15, 0.2) is 0 Å². The molecule has 0 amide bonds. The molecule has 0 aliphatic carbocycles. The van der Waals surface area contributed by atoms with Crippen LogP contribution >= 0.6 is 0 Å². The van der Waals surface area contributed by atoms with E-state index in [2.05, 4.69) is 18.8 Å². The van der Waals surface area contributed by atoms with Crippen molar-refractivity contribution in [2.45, 2.75) is 26.7 Å². The fraction of sp³-hybridized carbons (Fsp3) is 0.600. The third kappa shape index (κ3) is 3.01. The van der Waals surface area contributed by atoms with Crippen molar-refractivity contribution in [2.75, 3.05) is 0 Å². The van der Waals surface area contributed by atoms with Gasteiger partial charge in [-0.05, 0) is 5.92 Å². The molecule has 0 aliphatic rings. The van der Waals surface area contributed by atoms with Crippen molar-refractivity contribution in [3.63, 3.8) is 0 Å². The van der Waals surface area contributed by atoms with Crippen LogP contribution in [0.25, 0.3) is 0 Å². The summed E-state index contributed by atoms with van der Waals surface area (Å²) in [5, 5.41) is 0. The Bertz CT molecular complexity index is 289. The van der Waals surface area contributed by atoms with E-state index in [1.54, 1.807) is 6.20 Å². The van der Waals surface area contributed by atoms with E-state index in [-0.39, 0.29) is 5.78 Å². The Hall–Kier alpha value is -1.12. The Morgan fingerprint density at radius 3 is 2.77 bits per heavy atom. The molecule has 0 radical (unpaired) electrons. The Morgan fingerprint density at radius 1 is 1.62 bits per heavy atom. The molecular weight excluding hydrogens is 164 g/mol. The second kappa shape index (κ2) is 4.21. The molecule has 0 aromatic carbocycles. The molecule has 0 aliphatic heterocycles. The first-order valence-corrected chi connectivity index (χ1v) is 4.57. The van der Waals surface area contributed by atoms with Crippen molar-refractivity contribution in [3.8, 4) is 0 Å². The molecular formula is C10H16N2O. The van der Waals surface area contributed by atoms with E-state index >= 15 is 0 Å². The van der Waals surface area contributed by atoms with Crippen LogP contribution in [0.2, 0.25) is 0 Å². The van der Waals surface area contributed by atoms with Gasteiger partial charge in [0.1, 0.15) is 11.6 Å². The second-order valence-electron chi connectivity index (χ2n) is 3.77. The minimum atomic E-state index is 0.268. The lowest BCUT2D eigenvalue weighted by Crippen LogP contribution is -2.09. The second-order valence-corrected chi connectivity index (χ2v) is 3.77. The number of imidazole rings is 1. The van der Waals surface area contributed by atoms with Gasteiger partial charge in [-0.1, -0.05) is 13.8 Å². The number of carbonyl (C=O) groups excluding carboxylic acids is 1. The number of hydrogen-bond donors (Lipinski definition) is 0. The monoisotopic (exact) mass is 180 g/mol. The maximum absolute atomic E-state index is 11.4. The molecule has 3 nitrogen and oxygen atoms in total. The summed E-state index contributed by atoms with van der Waals surface area (Å²) in [7, 11) is 1.91. The summed E-state index contributed by atoms with van der Waals surface area (Å²) >= 11 is 0. The third-order valence-electron chi connectivity index (χ3n) is 1.91. The van der Waals surface area contributed by atoms with E-state index in [9.17, 15) is 4.79 Å². The van der Waals surface area contributed by atoms with Crippen LogP contribution in [0.5, 0.6) is 0 Å². The zero-order valence-corrected chi connectivity index (χ0v) is 8.45. The zero-order valence-electron chi connectivity index (χ0n) is 8.45. The molecule has 72 valence electrons. The van der Waals surface area contributed by atoms with Crippen LogP contribution in [-0.2, 0) is 18.3 Å². The van der Waals surface area contributed by atoms with Gasteiger partial charge in [0.25, 0.3) is 0 Å². The highest BCUT2D eigenvalue weighted by Crippen LogP contribution is 2.04. The largest absolute Gasteiger partial charge is 0.338 e. The summed E-state index contributed by atoms with van der Waals surface area (Å²) in [5.41, 5.74) is 0. The lowest BCUT2D eigenvalue weighted by Gasteiger charge is -2.03. The predicted molar refractivity (Wildman–Crippen MR) is 51.4 cm³/mol. The Kier molecular flexibility index (Phi) is 3.23. The van der Waals surface area contributed by atoms with Gasteiger partial charge in [0, 0.05) is 25.9 Å². The number of aryl methyl sites for hydroxylation is 1. The Labute approximate surface area is 78.8 Å². The highest BCUT2D eigenvalue weighted by atomic mass is 16.1. The van der Waals surface area contributed by atoms with Gasteiger partial charge in [-0.15, -0.1) is 0 Å². The molecule has 0 atom stereocenters. The molecule has 1 aromatic heterocycles. The first kappa shape index (κ1) is 9.96. The summed E-state index contributed by atoms with van der Waals surface area (Å²) < 4.78 is 1.89. The van der Waals surface area contributed by atoms with Crippen LogP contribution in [0.3, 0.4) is 0 Å². The fourth-order valence-corrected chi connectivity index (χ4v) is 1.27. The molecule has 0 saturated heterocycles. The first-order valence-electron chi connectivity index (χ1n) is 4.57. The van der Waals surface area contributed by atoms with Crippen LogP contribution in [0, 0.1) is 5.92 Å². The summed E-state index contributed by atoms with van der Waals surface area (Å²) in [5.74, 6) is 1.56. The average Bonchev–Trinajstić information content (AvgIpc) is 2.34. The van der Waals surface area contributed by atoms with Crippen LogP contribution in [0.1, 0.15) is 26.1 Å². The SMILES string of the molecule is CC(C)CC(=O)Cc1nccn1C. The van der Waals surface area contributed by atoms with E-state index in [0.717, 1.165) is 5.82 Å². The van der Waals surface area contributed by atoms with Gasteiger partial charge >= 0.3 is 0 Å².